The van der Waals surface area contributed by atoms with Crippen LogP contribution in [0, 0.1) is 0 Å². The van der Waals surface area contributed by atoms with Crippen LogP contribution in [0.25, 0.3) is 0 Å². The normalized spacial score (nSPS) is 12.4. The Bertz CT molecular complexity index is 440. The summed E-state index contributed by atoms with van der Waals surface area (Å²) in [5.74, 6) is 0. The third-order valence-corrected chi connectivity index (χ3v) is 3.01. The molecule has 82 valence electrons. The molecule has 0 aromatic carbocycles. The number of hydrogen-bond acceptors (Lipinski definition) is 4. The van der Waals surface area contributed by atoms with Crippen LogP contribution < -0.4 is 5.73 Å². The van der Waals surface area contributed by atoms with Gasteiger partial charge in [0.05, 0.1) is 5.69 Å². The number of aromatic nitrogens is 2. The molecule has 2 N–H and O–H groups in total. The molecule has 0 fully saturated rings. The van der Waals surface area contributed by atoms with E-state index in [4.69, 9.17) is 5.73 Å². The number of hydrogen-bond donors (Lipinski definition) is 1. The van der Waals surface area contributed by atoms with Crippen LogP contribution in [-0.4, -0.2) is 9.97 Å². The van der Waals surface area contributed by atoms with Gasteiger partial charge in [-0.3, -0.25) is 4.98 Å². The maximum Gasteiger partial charge on any atom is 0.101 e. The fourth-order valence-electron chi connectivity index (χ4n) is 1.25. The summed E-state index contributed by atoms with van der Waals surface area (Å²) in [7, 11) is 0. The summed E-state index contributed by atoms with van der Waals surface area (Å²) < 4.78 is 0. The second kappa shape index (κ2) is 5.09. The van der Waals surface area contributed by atoms with Crippen molar-refractivity contribution in [3.05, 3.63) is 48.4 Å². The quantitative estimate of drug-likeness (QED) is 0.882. The van der Waals surface area contributed by atoms with Crippen molar-refractivity contribution in [2.75, 3.05) is 0 Å². The van der Waals surface area contributed by atoms with Gasteiger partial charge in [-0.25, -0.2) is 4.98 Å². The van der Waals surface area contributed by atoms with E-state index in [0.29, 0.717) is 0 Å². The van der Waals surface area contributed by atoms with Crippen LogP contribution in [0.4, 0.5) is 0 Å². The molecule has 0 aliphatic rings. The molecule has 2 rings (SSSR count). The number of nitrogens with zero attached hydrogens (tertiary/aromatic N) is 2. The van der Waals surface area contributed by atoms with Gasteiger partial charge in [-0.2, -0.15) is 0 Å². The summed E-state index contributed by atoms with van der Waals surface area (Å²) in [5.41, 5.74) is 6.64. The molecule has 0 spiro atoms. The Labute approximate surface area is 99.1 Å². The monoisotopic (exact) mass is 231 g/mol. The Morgan fingerprint density at radius 3 is 2.62 bits per heavy atom. The van der Waals surface area contributed by atoms with Crippen molar-refractivity contribution in [2.45, 2.75) is 22.9 Å². The van der Waals surface area contributed by atoms with E-state index in [9.17, 15) is 0 Å². The minimum Gasteiger partial charge on any atom is -0.323 e. The van der Waals surface area contributed by atoms with Gasteiger partial charge in [0.2, 0.25) is 0 Å². The Morgan fingerprint density at radius 2 is 2.06 bits per heavy atom. The van der Waals surface area contributed by atoms with E-state index in [0.717, 1.165) is 15.6 Å². The van der Waals surface area contributed by atoms with Crippen LogP contribution in [0.5, 0.6) is 0 Å². The highest BCUT2D eigenvalue weighted by molar-refractivity contribution is 7.99. The first kappa shape index (κ1) is 11.1. The maximum absolute atomic E-state index is 5.73. The molecule has 0 saturated heterocycles. The summed E-state index contributed by atoms with van der Waals surface area (Å²) in [5, 5.41) is 0.970. The van der Waals surface area contributed by atoms with Gasteiger partial charge in [0, 0.05) is 23.3 Å². The second-order valence-electron chi connectivity index (χ2n) is 3.48. The summed E-state index contributed by atoms with van der Waals surface area (Å²) in [6.45, 7) is 1.92. The van der Waals surface area contributed by atoms with Crippen LogP contribution in [0.15, 0.2) is 52.6 Å². The van der Waals surface area contributed by atoms with E-state index in [1.807, 2.05) is 43.5 Å². The average molecular weight is 231 g/mol. The first-order valence-electron chi connectivity index (χ1n) is 5.06. The number of rotatable bonds is 3. The van der Waals surface area contributed by atoms with Crippen molar-refractivity contribution in [1.29, 1.82) is 0 Å². The number of pyridine rings is 2. The average Bonchev–Trinajstić information content (AvgIpc) is 2.31. The SMILES string of the molecule is C[C@@H](N)c1ccc(Sc2ccccn2)cn1. The van der Waals surface area contributed by atoms with E-state index >= 15 is 0 Å². The van der Waals surface area contributed by atoms with Crippen LogP contribution >= 0.6 is 11.8 Å². The predicted molar refractivity (Wildman–Crippen MR) is 65.2 cm³/mol. The standard InChI is InChI=1S/C12H13N3S/c1-9(13)11-6-5-10(8-15-11)16-12-4-2-3-7-14-12/h2-9H,13H2,1H3/t9-/m1/s1. The van der Waals surface area contributed by atoms with Crippen molar-refractivity contribution in [3.8, 4) is 0 Å². The summed E-state index contributed by atoms with van der Waals surface area (Å²) >= 11 is 1.59. The topological polar surface area (TPSA) is 51.8 Å². The molecule has 0 amide bonds. The first-order chi connectivity index (χ1) is 7.75. The first-order valence-corrected chi connectivity index (χ1v) is 5.88. The minimum atomic E-state index is -0.0195. The maximum atomic E-state index is 5.73. The second-order valence-corrected chi connectivity index (χ2v) is 4.57. The lowest BCUT2D eigenvalue weighted by atomic mass is 10.2. The largest absolute Gasteiger partial charge is 0.323 e. The zero-order valence-corrected chi connectivity index (χ0v) is 9.82. The molecular formula is C12H13N3S. The third kappa shape index (κ3) is 2.81. The zero-order valence-electron chi connectivity index (χ0n) is 9.00. The summed E-state index contributed by atoms with van der Waals surface area (Å²) in [4.78, 5) is 9.62. The lowest BCUT2D eigenvalue weighted by molar-refractivity contribution is 0.777. The Balaban J connectivity index is 2.11. The molecular weight excluding hydrogens is 218 g/mol. The highest BCUT2D eigenvalue weighted by Crippen LogP contribution is 2.25. The molecule has 0 bridgehead atoms. The summed E-state index contributed by atoms with van der Waals surface area (Å²) in [6.07, 6.45) is 3.62. The summed E-state index contributed by atoms with van der Waals surface area (Å²) in [6, 6.07) is 9.81. The van der Waals surface area contributed by atoms with Crippen molar-refractivity contribution >= 4 is 11.8 Å². The molecule has 4 heteroatoms. The number of nitrogens with two attached hydrogens (primary N) is 1. The fourth-order valence-corrected chi connectivity index (χ4v) is 1.99. The Kier molecular flexibility index (Phi) is 3.54. The highest BCUT2D eigenvalue weighted by atomic mass is 32.2. The smallest absolute Gasteiger partial charge is 0.101 e. The van der Waals surface area contributed by atoms with Crippen LogP contribution in [0.2, 0.25) is 0 Å². The van der Waals surface area contributed by atoms with Gasteiger partial charge in [0.1, 0.15) is 5.03 Å². The molecule has 16 heavy (non-hydrogen) atoms. The van der Waals surface area contributed by atoms with Crippen molar-refractivity contribution in [3.63, 3.8) is 0 Å². The molecule has 0 radical (unpaired) electrons. The molecule has 1 atom stereocenters. The van der Waals surface area contributed by atoms with Crippen LogP contribution in [0.1, 0.15) is 18.7 Å². The van der Waals surface area contributed by atoms with E-state index in [1.54, 1.807) is 18.0 Å². The molecule has 2 aromatic heterocycles. The highest BCUT2D eigenvalue weighted by Gasteiger charge is 2.02. The molecule has 0 aliphatic heterocycles. The van der Waals surface area contributed by atoms with Gasteiger partial charge in [0.15, 0.2) is 0 Å². The lowest BCUT2D eigenvalue weighted by Crippen LogP contribution is -2.06. The zero-order chi connectivity index (χ0) is 11.4. The third-order valence-electron chi connectivity index (χ3n) is 2.09. The molecule has 0 saturated carbocycles. The molecule has 3 nitrogen and oxygen atoms in total. The molecule has 0 unspecified atom stereocenters. The Hall–Kier alpha value is -1.39. The van der Waals surface area contributed by atoms with Crippen LogP contribution in [0.3, 0.4) is 0 Å². The van der Waals surface area contributed by atoms with E-state index in [-0.39, 0.29) is 6.04 Å². The van der Waals surface area contributed by atoms with Crippen molar-refractivity contribution in [1.82, 2.24) is 9.97 Å². The van der Waals surface area contributed by atoms with Gasteiger partial charge in [0.25, 0.3) is 0 Å². The van der Waals surface area contributed by atoms with Crippen molar-refractivity contribution in [2.24, 2.45) is 5.73 Å². The fraction of sp³-hybridized carbons (Fsp3) is 0.167. The van der Waals surface area contributed by atoms with Gasteiger partial charge < -0.3 is 5.73 Å². The minimum absolute atomic E-state index is 0.0195. The molecule has 2 aromatic rings. The van der Waals surface area contributed by atoms with Gasteiger partial charge in [-0.1, -0.05) is 17.8 Å². The van der Waals surface area contributed by atoms with Gasteiger partial charge in [-0.05, 0) is 31.2 Å². The van der Waals surface area contributed by atoms with E-state index in [2.05, 4.69) is 9.97 Å². The predicted octanol–water partition coefficient (Wildman–Crippen LogP) is 2.65. The lowest BCUT2D eigenvalue weighted by Gasteiger charge is -2.05. The Morgan fingerprint density at radius 1 is 1.19 bits per heavy atom. The van der Waals surface area contributed by atoms with Crippen molar-refractivity contribution < 1.29 is 0 Å². The van der Waals surface area contributed by atoms with Gasteiger partial charge >= 0.3 is 0 Å². The van der Waals surface area contributed by atoms with E-state index in [1.165, 1.54) is 0 Å². The van der Waals surface area contributed by atoms with Gasteiger partial charge in [-0.15, -0.1) is 0 Å². The van der Waals surface area contributed by atoms with E-state index < -0.39 is 0 Å². The molecule has 0 aliphatic carbocycles. The van der Waals surface area contributed by atoms with Crippen LogP contribution in [-0.2, 0) is 0 Å². The molecule has 2 heterocycles.